The van der Waals surface area contributed by atoms with E-state index in [4.69, 9.17) is 9.47 Å². The van der Waals surface area contributed by atoms with Crippen LogP contribution in [0.3, 0.4) is 0 Å². The Morgan fingerprint density at radius 2 is 1.97 bits per heavy atom. The van der Waals surface area contributed by atoms with E-state index in [1.807, 2.05) is 31.5 Å². The second-order valence-corrected chi connectivity index (χ2v) is 10.5. The molecule has 7 nitrogen and oxygen atoms in total. The number of esters is 1. The van der Waals surface area contributed by atoms with E-state index in [2.05, 4.69) is 9.98 Å². The molecule has 1 aromatic heterocycles. The van der Waals surface area contributed by atoms with Gasteiger partial charge in [0.25, 0.3) is 0 Å². The smallest absolute Gasteiger partial charge is 0.416 e. The fraction of sp³-hybridized carbons (Fsp3) is 0.500. The summed E-state index contributed by atoms with van der Waals surface area (Å²) in [4.78, 5) is 21.3. The molecule has 0 spiro atoms. The van der Waals surface area contributed by atoms with Crippen molar-refractivity contribution in [3.63, 3.8) is 0 Å². The summed E-state index contributed by atoms with van der Waals surface area (Å²) in [6, 6.07) is 2.94. The zero-order chi connectivity index (χ0) is 26.0. The van der Waals surface area contributed by atoms with Gasteiger partial charge in [-0.15, -0.1) is 11.3 Å². The lowest BCUT2D eigenvalue weighted by Crippen LogP contribution is -2.46. The number of aromatic nitrogens is 1. The highest BCUT2D eigenvalue weighted by molar-refractivity contribution is 7.09. The van der Waals surface area contributed by atoms with Crippen LogP contribution in [-0.2, 0) is 27.7 Å². The number of nitrogens with zero attached hydrogens (tertiary/aromatic N) is 4. The average Bonchev–Trinajstić information content (AvgIpc) is 3.13. The van der Waals surface area contributed by atoms with Crippen molar-refractivity contribution in [2.75, 3.05) is 7.11 Å². The molecule has 1 saturated carbocycles. The second-order valence-electron chi connectivity index (χ2n) is 9.45. The molecule has 0 aliphatic heterocycles. The van der Waals surface area contributed by atoms with Crippen molar-refractivity contribution in [2.24, 2.45) is 9.98 Å². The highest BCUT2D eigenvalue weighted by atomic mass is 32.1. The molecule has 0 radical (unpaired) electrons. The molecule has 1 heterocycles. The van der Waals surface area contributed by atoms with Gasteiger partial charge in [-0.05, 0) is 42.9 Å². The van der Waals surface area contributed by atoms with Gasteiger partial charge in [-0.25, -0.2) is 0 Å². The quantitative estimate of drug-likeness (QED) is 0.241. The minimum atomic E-state index is -4.60. The topological polar surface area (TPSA) is 89.0 Å². The second kappa shape index (κ2) is 9.85. The number of halogens is 3. The van der Waals surface area contributed by atoms with Gasteiger partial charge in [0.05, 0.1) is 24.8 Å². The summed E-state index contributed by atoms with van der Waals surface area (Å²) >= 11 is 1.34. The fourth-order valence-electron chi connectivity index (χ4n) is 3.75. The summed E-state index contributed by atoms with van der Waals surface area (Å²) in [6.07, 6.45) is 1.25. The number of hydrogen-bond acceptors (Lipinski definition) is 6. The number of nitriles is 1. The monoisotopic (exact) mass is 508 g/mol. The van der Waals surface area contributed by atoms with E-state index in [1.165, 1.54) is 31.4 Å². The molecule has 0 amide bonds. The third kappa shape index (κ3) is 6.11. The number of alkyl halides is 3. The van der Waals surface area contributed by atoms with Crippen LogP contribution < -0.4 is 9.54 Å². The van der Waals surface area contributed by atoms with Gasteiger partial charge >= 0.3 is 12.1 Å². The van der Waals surface area contributed by atoms with E-state index in [0.717, 1.165) is 23.4 Å². The van der Waals surface area contributed by atoms with Gasteiger partial charge in [-0.2, -0.15) is 28.4 Å². The Bertz CT molecular complexity index is 1240. The molecule has 0 bridgehead atoms. The van der Waals surface area contributed by atoms with Crippen molar-refractivity contribution in [3.8, 4) is 11.9 Å². The summed E-state index contributed by atoms with van der Waals surface area (Å²) in [7, 11) is 1.32. The highest BCUT2D eigenvalue weighted by Gasteiger charge is 2.41. The molecule has 1 aliphatic carbocycles. The van der Waals surface area contributed by atoms with E-state index in [0.29, 0.717) is 24.2 Å². The molecule has 1 aromatic carbocycles. The number of carbonyl (C=O) groups is 1. The molecular formula is C24H27F3N4O3S. The lowest BCUT2D eigenvalue weighted by atomic mass is 9.80. The molecule has 188 valence electrons. The molecule has 11 heteroatoms. The molecule has 2 aromatic rings. The van der Waals surface area contributed by atoms with Crippen LogP contribution in [0.25, 0.3) is 0 Å². The van der Waals surface area contributed by atoms with Crippen LogP contribution in [0.15, 0.2) is 34.4 Å². The number of ether oxygens (including phenoxy) is 2. The highest BCUT2D eigenvalue weighted by Crippen LogP contribution is 2.38. The van der Waals surface area contributed by atoms with Crippen LogP contribution >= 0.6 is 11.3 Å². The minimum absolute atomic E-state index is 0.0560. The van der Waals surface area contributed by atoms with Crippen molar-refractivity contribution in [3.05, 3.63) is 45.2 Å². The fourth-order valence-corrected chi connectivity index (χ4v) is 4.80. The normalized spacial score (nSPS) is 16.4. The summed E-state index contributed by atoms with van der Waals surface area (Å²) < 4.78 is 52.9. The Kier molecular flexibility index (Phi) is 7.45. The summed E-state index contributed by atoms with van der Waals surface area (Å²) in [5, 5.41) is 9.28. The SMILES string of the molecule is COc1ccc(C(F)(F)F)cc1C(/N=c1\sc(C(C)(C)C)cn1CC1(OC(C)=O)CCC1)=N\C#N. The molecule has 1 aliphatic rings. The van der Waals surface area contributed by atoms with E-state index in [1.54, 1.807) is 6.19 Å². The average molecular weight is 509 g/mol. The van der Waals surface area contributed by atoms with Crippen LogP contribution in [0.1, 0.15) is 63.0 Å². The molecular weight excluding hydrogens is 481 g/mol. The Hall–Kier alpha value is -3.13. The van der Waals surface area contributed by atoms with Crippen LogP contribution in [0.2, 0.25) is 0 Å². The van der Waals surface area contributed by atoms with Gasteiger partial charge < -0.3 is 14.0 Å². The van der Waals surface area contributed by atoms with Gasteiger partial charge in [-0.3, -0.25) is 4.79 Å². The Balaban J connectivity index is 2.19. The predicted molar refractivity (Wildman–Crippen MR) is 125 cm³/mol. The van der Waals surface area contributed by atoms with Crippen LogP contribution in [0.4, 0.5) is 13.2 Å². The zero-order valence-electron chi connectivity index (χ0n) is 20.2. The molecule has 35 heavy (non-hydrogen) atoms. The molecule has 0 unspecified atom stereocenters. The molecule has 1 fully saturated rings. The van der Waals surface area contributed by atoms with Gasteiger partial charge in [0.2, 0.25) is 6.19 Å². The predicted octanol–water partition coefficient (Wildman–Crippen LogP) is 5.19. The number of rotatable bonds is 5. The zero-order valence-corrected chi connectivity index (χ0v) is 21.0. The number of thiazole rings is 1. The summed E-state index contributed by atoms with van der Waals surface area (Å²) in [5.41, 5.74) is -1.88. The third-order valence-electron chi connectivity index (χ3n) is 5.67. The standard InChI is InChI=1S/C24H27F3N4O3S/c1-15(32)34-23(9-6-10-23)13-31-12-19(22(2,3)4)35-21(31)30-20(29-14-28)17-11-16(24(25,26)27)7-8-18(17)33-5/h7-8,11-12H,6,9-10,13H2,1-5H3/b29-20+,30-21-. The largest absolute Gasteiger partial charge is 0.496 e. The maximum atomic E-state index is 13.4. The lowest BCUT2D eigenvalue weighted by Gasteiger charge is -2.40. The molecule has 3 rings (SSSR count). The molecule has 0 atom stereocenters. The number of methoxy groups -OCH3 is 1. The number of benzene rings is 1. The van der Waals surface area contributed by atoms with Crippen molar-refractivity contribution in [1.82, 2.24) is 4.57 Å². The number of hydrogen-bond donors (Lipinski definition) is 0. The van der Waals surface area contributed by atoms with Crippen molar-refractivity contribution < 1.29 is 27.4 Å². The molecule has 0 N–H and O–H groups in total. The third-order valence-corrected chi connectivity index (χ3v) is 7.11. The van der Waals surface area contributed by atoms with Crippen molar-refractivity contribution in [2.45, 2.75) is 70.7 Å². The van der Waals surface area contributed by atoms with Crippen LogP contribution in [0, 0.1) is 11.5 Å². The van der Waals surface area contributed by atoms with E-state index < -0.39 is 17.3 Å². The number of amidine groups is 1. The van der Waals surface area contributed by atoms with Crippen LogP contribution in [-0.4, -0.2) is 29.1 Å². The van der Waals surface area contributed by atoms with E-state index in [-0.39, 0.29) is 28.5 Å². The lowest BCUT2D eigenvalue weighted by molar-refractivity contribution is -0.169. The first-order valence-electron chi connectivity index (χ1n) is 11.0. The maximum Gasteiger partial charge on any atom is 0.416 e. The Labute approximate surface area is 205 Å². The van der Waals surface area contributed by atoms with E-state index >= 15 is 0 Å². The van der Waals surface area contributed by atoms with Crippen molar-refractivity contribution >= 4 is 23.1 Å². The molecule has 0 saturated heterocycles. The Morgan fingerprint density at radius 3 is 2.46 bits per heavy atom. The number of carbonyl (C=O) groups excluding carboxylic acids is 1. The number of aliphatic imine (C=N–C) groups is 1. The van der Waals surface area contributed by atoms with Gasteiger partial charge in [-0.1, -0.05) is 20.8 Å². The first-order chi connectivity index (χ1) is 16.3. The Morgan fingerprint density at radius 1 is 1.29 bits per heavy atom. The minimum Gasteiger partial charge on any atom is -0.496 e. The summed E-state index contributed by atoms with van der Waals surface area (Å²) in [6.45, 7) is 7.77. The van der Waals surface area contributed by atoms with Crippen LogP contribution in [0.5, 0.6) is 5.75 Å². The van der Waals surface area contributed by atoms with Gasteiger partial charge in [0, 0.05) is 18.0 Å². The van der Waals surface area contributed by atoms with Gasteiger partial charge in [0.15, 0.2) is 10.6 Å². The summed E-state index contributed by atoms with van der Waals surface area (Å²) in [5.74, 6) is -0.484. The van der Waals surface area contributed by atoms with Gasteiger partial charge in [0.1, 0.15) is 11.4 Å². The maximum absolute atomic E-state index is 13.4. The van der Waals surface area contributed by atoms with Crippen molar-refractivity contribution in [1.29, 1.82) is 5.26 Å². The van der Waals surface area contributed by atoms with E-state index in [9.17, 15) is 23.2 Å². The first-order valence-corrected chi connectivity index (χ1v) is 11.8. The first kappa shape index (κ1) is 26.5.